The van der Waals surface area contributed by atoms with Crippen LogP contribution in [-0.2, 0) is 21.6 Å². The van der Waals surface area contributed by atoms with Crippen molar-refractivity contribution in [2.45, 2.75) is 76.4 Å². The summed E-state index contributed by atoms with van der Waals surface area (Å²) in [5.41, 5.74) is -0.160. The van der Waals surface area contributed by atoms with Crippen molar-refractivity contribution in [3.63, 3.8) is 0 Å². The number of carbonyl (C=O) groups is 2. The zero-order valence-electron chi connectivity index (χ0n) is 20.7. The molecule has 0 saturated heterocycles. The number of rotatable bonds is 8. The van der Waals surface area contributed by atoms with Gasteiger partial charge in [0.1, 0.15) is 23.8 Å². The molecule has 6 nitrogen and oxygen atoms in total. The molecule has 1 aliphatic carbocycles. The van der Waals surface area contributed by atoms with E-state index in [0.717, 1.165) is 25.7 Å². The Morgan fingerprint density at radius 3 is 2.63 bits per heavy atom. The van der Waals surface area contributed by atoms with Gasteiger partial charge in [-0.05, 0) is 60.6 Å². The van der Waals surface area contributed by atoms with Crippen LogP contribution in [0.5, 0.6) is 5.75 Å². The maximum absolute atomic E-state index is 14.2. The van der Waals surface area contributed by atoms with E-state index < -0.39 is 22.7 Å². The summed E-state index contributed by atoms with van der Waals surface area (Å²) in [4.78, 5) is 25.4. The Labute approximate surface area is 205 Å². The Balaban J connectivity index is 1.62. The number of nitrogens with one attached hydrogen (secondary N) is 1. The molecule has 2 aromatic rings. The fourth-order valence-electron chi connectivity index (χ4n) is 5.61. The molecule has 188 valence electrons. The standard InChI is InChI=1S/C28H34FNO5/c1-27(2,23-14-20(29)9-12-24(23)34-3)17-28(33,15-18-7-5-4-6-8-18)26(32)30-21-10-11-22-19(13-21)16-35-25(22)31/h9-14,18,33H,4-8,15-17H2,1-3H3,(H,30,32). The van der Waals surface area contributed by atoms with Gasteiger partial charge in [-0.25, -0.2) is 9.18 Å². The minimum atomic E-state index is -1.69. The molecule has 1 atom stereocenters. The second-order valence-corrected chi connectivity index (χ2v) is 10.5. The Morgan fingerprint density at radius 1 is 1.17 bits per heavy atom. The van der Waals surface area contributed by atoms with Gasteiger partial charge in [0.15, 0.2) is 0 Å². The molecular formula is C28H34FNO5. The van der Waals surface area contributed by atoms with Gasteiger partial charge in [0, 0.05) is 16.8 Å². The fraction of sp³-hybridized carbons (Fsp3) is 0.500. The molecule has 35 heavy (non-hydrogen) atoms. The molecular weight excluding hydrogens is 449 g/mol. The third-order valence-electron chi connectivity index (χ3n) is 7.34. The van der Waals surface area contributed by atoms with Crippen LogP contribution >= 0.6 is 0 Å². The fourth-order valence-corrected chi connectivity index (χ4v) is 5.61. The molecule has 4 rings (SSSR count). The van der Waals surface area contributed by atoms with Crippen molar-refractivity contribution in [2.75, 3.05) is 12.4 Å². The van der Waals surface area contributed by atoms with Crippen molar-refractivity contribution < 1.29 is 28.6 Å². The van der Waals surface area contributed by atoms with Crippen molar-refractivity contribution in [2.24, 2.45) is 5.92 Å². The van der Waals surface area contributed by atoms with Gasteiger partial charge in [0.2, 0.25) is 0 Å². The lowest BCUT2D eigenvalue weighted by molar-refractivity contribution is -0.138. The van der Waals surface area contributed by atoms with Crippen molar-refractivity contribution in [3.05, 3.63) is 58.9 Å². The highest BCUT2D eigenvalue weighted by Crippen LogP contribution is 2.42. The first-order valence-corrected chi connectivity index (χ1v) is 12.3. The van der Waals surface area contributed by atoms with Gasteiger partial charge >= 0.3 is 5.97 Å². The van der Waals surface area contributed by atoms with Gasteiger partial charge in [-0.15, -0.1) is 0 Å². The van der Waals surface area contributed by atoms with Crippen molar-refractivity contribution in [3.8, 4) is 5.75 Å². The zero-order valence-corrected chi connectivity index (χ0v) is 20.7. The van der Waals surface area contributed by atoms with E-state index in [9.17, 15) is 19.1 Å². The van der Waals surface area contributed by atoms with E-state index in [1.807, 2.05) is 13.8 Å². The Hall–Kier alpha value is -2.93. The van der Waals surface area contributed by atoms with Crippen LogP contribution in [0.1, 0.15) is 80.3 Å². The molecule has 0 bridgehead atoms. The number of benzene rings is 2. The minimum absolute atomic E-state index is 0.0919. The van der Waals surface area contributed by atoms with Crippen LogP contribution in [0.4, 0.5) is 10.1 Å². The van der Waals surface area contributed by atoms with Crippen LogP contribution < -0.4 is 10.1 Å². The molecule has 2 N–H and O–H groups in total. The molecule has 2 aromatic carbocycles. The highest BCUT2D eigenvalue weighted by Gasteiger charge is 2.44. The normalized spacial score (nSPS) is 17.9. The van der Waals surface area contributed by atoms with Crippen molar-refractivity contribution in [1.29, 1.82) is 0 Å². The third-order valence-corrected chi connectivity index (χ3v) is 7.34. The third kappa shape index (κ3) is 5.50. The summed E-state index contributed by atoms with van der Waals surface area (Å²) in [6.45, 7) is 3.94. The number of ether oxygens (including phenoxy) is 2. The summed E-state index contributed by atoms with van der Waals surface area (Å²) in [6, 6.07) is 9.30. The summed E-state index contributed by atoms with van der Waals surface area (Å²) in [5.74, 6) is -0.533. The predicted molar refractivity (Wildman–Crippen MR) is 131 cm³/mol. The highest BCUT2D eigenvalue weighted by atomic mass is 19.1. The van der Waals surface area contributed by atoms with Gasteiger partial charge in [0.05, 0.1) is 12.7 Å². The highest BCUT2D eigenvalue weighted by molar-refractivity contribution is 5.99. The van der Waals surface area contributed by atoms with Crippen LogP contribution in [0.3, 0.4) is 0 Å². The number of halogens is 1. The number of methoxy groups -OCH3 is 1. The van der Waals surface area contributed by atoms with E-state index in [-0.39, 0.29) is 24.9 Å². The van der Waals surface area contributed by atoms with E-state index in [4.69, 9.17) is 9.47 Å². The number of aliphatic hydroxyl groups is 1. The Morgan fingerprint density at radius 2 is 1.91 bits per heavy atom. The quantitative estimate of drug-likeness (QED) is 0.484. The number of fused-ring (bicyclic) bond motifs is 1. The molecule has 7 heteroatoms. The number of esters is 1. The smallest absolute Gasteiger partial charge is 0.338 e. The number of hydrogen-bond acceptors (Lipinski definition) is 5. The van der Waals surface area contributed by atoms with E-state index in [2.05, 4.69) is 5.32 Å². The summed E-state index contributed by atoms with van der Waals surface area (Å²) >= 11 is 0. The first kappa shape index (κ1) is 25.2. The number of anilines is 1. The Kier molecular flexibility index (Phi) is 7.17. The van der Waals surface area contributed by atoms with Gasteiger partial charge in [0.25, 0.3) is 5.91 Å². The van der Waals surface area contributed by atoms with Crippen LogP contribution in [0.15, 0.2) is 36.4 Å². The molecule has 1 heterocycles. The van der Waals surface area contributed by atoms with Crippen molar-refractivity contribution >= 4 is 17.6 Å². The van der Waals surface area contributed by atoms with Crippen LogP contribution in [0, 0.1) is 11.7 Å². The molecule has 0 spiro atoms. The molecule has 1 fully saturated rings. The lowest BCUT2D eigenvalue weighted by Crippen LogP contribution is -2.48. The van der Waals surface area contributed by atoms with E-state index in [1.54, 1.807) is 24.3 Å². The van der Waals surface area contributed by atoms with Crippen LogP contribution in [0.2, 0.25) is 0 Å². The van der Waals surface area contributed by atoms with Gasteiger partial charge < -0.3 is 19.9 Å². The number of hydrogen-bond donors (Lipinski definition) is 2. The summed E-state index contributed by atoms with van der Waals surface area (Å²) in [7, 11) is 1.52. The number of amides is 1. The summed E-state index contributed by atoms with van der Waals surface area (Å²) in [6.07, 6.45) is 5.70. The summed E-state index contributed by atoms with van der Waals surface area (Å²) in [5, 5.41) is 14.8. The SMILES string of the molecule is COc1ccc(F)cc1C(C)(C)CC(O)(CC1CCCCC1)C(=O)Nc1ccc2c(c1)COC2=O. The van der Waals surface area contributed by atoms with Crippen LogP contribution in [-0.4, -0.2) is 29.7 Å². The van der Waals surface area contributed by atoms with Crippen LogP contribution in [0.25, 0.3) is 0 Å². The molecule has 1 unspecified atom stereocenters. The molecule has 1 aliphatic heterocycles. The summed E-state index contributed by atoms with van der Waals surface area (Å²) < 4.78 is 24.7. The monoisotopic (exact) mass is 483 g/mol. The maximum Gasteiger partial charge on any atom is 0.338 e. The largest absolute Gasteiger partial charge is 0.496 e. The van der Waals surface area contributed by atoms with Gasteiger partial charge in [-0.2, -0.15) is 0 Å². The second kappa shape index (κ2) is 9.97. The van der Waals surface area contributed by atoms with E-state index in [0.29, 0.717) is 34.5 Å². The zero-order chi connectivity index (χ0) is 25.2. The molecule has 2 aliphatic rings. The molecule has 1 saturated carbocycles. The number of cyclic esters (lactones) is 1. The maximum atomic E-state index is 14.2. The first-order chi connectivity index (χ1) is 16.6. The van der Waals surface area contributed by atoms with Gasteiger partial charge in [-0.3, -0.25) is 4.79 Å². The first-order valence-electron chi connectivity index (χ1n) is 12.3. The Bertz CT molecular complexity index is 1110. The van der Waals surface area contributed by atoms with E-state index >= 15 is 0 Å². The minimum Gasteiger partial charge on any atom is -0.496 e. The lowest BCUT2D eigenvalue weighted by atomic mass is 9.70. The number of carbonyl (C=O) groups excluding carboxylic acids is 2. The van der Waals surface area contributed by atoms with E-state index in [1.165, 1.54) is 25.7 Å². The molecule has 0 radical (unpaired) electrons. The van der Waals surface area contributed by atoms with Gasteiger partial charge in [-0.1, -0.05) is 46.0 Å². The average molecular weight is 484 g/mol. The second-order valence-electron chi connectivity index (χ2n) is 10.5. The lowest BCUT2D eigenvalue weighted by Gasteiger charge is -2.39. The molecule has 0 aromatic heterocycles. The average Bonchev–Trinajstić information content (AvgIpc) is 3.19. The predicted octanol–water partition coefficient (Wildman–Crippen LogP) is 5.51. The molecule has 1 amide bonds. The van der Waals surface area contributed by atoms with Crippen molar-refractivity contribution in [1.82, 2.24) is 0 Å². The topological polar surface area (TPSA) is 84.9 Å².